The quantitative estimate of drug-likeness (QED) is 0.760. The fraction of sp³-hybridized carbons (Fsp3) is 0.533. The Labute approximate surface area is 125 Å². The Hall–Kier alpha value is -1.63. The molecule has 1 saturated heterocycles. The van der Waals surface area contributed by atoms with Crippen LogP contribution >= 0.6 is 0 Å². The lowest BCUT2D eigenvalue weighted by Crippen LogP contribution is -2.41. The summed E-state index contributed by atoms with van der Waals surface area (Å²) in [5.74, 6) is 0.696. The number of carbonyl (C=O) groups excluding carboxylic acids is 1. The van der Waals surface area contributed by atoms with Crippen molar-refractivity contribution in [3.8, 4) is 5.75 Å². The largest absolute Gasteiger partial charge is 0.491 e. The van der Waals surface area contributed by atoms with Crippen LogP contribution in [-0.4, -0.2) is 64.0 Å². The summed E-state index contributed by atoms with van der Waals surface area (Å²) in [5, 5.41) is 2.89. The second-order valence-electron chi connectivity index (χ2n) is 4.81. The minimum atomic E-state index is -0.0223. The summed E-state index contributed by atoms with van der Waals surface area (Å²) in [4.78, 5) is 14.1. The topological polar surface area (TPSA) is 60.0 Å². The van der Waals surface area contributed by atoms with Crippen molar-refractivity contribution in [1.29, 1.82) is 0 Å². The van der Waals surface area contributed by atoms with Crippen LogP contribution in [0.5, 0.6) is 5.75 Å². The van der Waals surface area contributed by atoms with Crippen LogP contribution in [0.3, 0.4) is 0 Å². The maximum Gasteiger partial charge on any atom is 0.238 e. The first-order valence-electron chi connectivity index (χ1n) is 7.09. The van der Waals surface area contributed by atoms with Crippen molar-refractivity contribution in [1.82, 2.24) is 4.90 Å². The molecule has 0 bridgehead atoms. The zero-order chi connectivity index (χ0) is 14.9. The van der Waals surface area contributed by atoms with Gasteiger partial charge in [0, 0.05) is 32.0 Å². The van der Waals surface area contributed by atoms with Gasteiger partial charge in [0.25, 0.3) is 0 Å². The predicted molar refractivity (Wildman–Crippen MR) is 79.7 cm³/mol. The SMILES string of the molecule is COCCOc1cccc(NC(=O)CN2CCOCC2)c1. The van der Waals surface area contributed by atoms with Crippen LogP contribution in [-0.2, 0) is 14.3 Å². The van der Waals surface area contributed by atoms with Crippen molar-refractivity contribution in [3.05, 3.63) is 24.3 Å². The normalized spacial score (nSPS) is 15.7. The van der Waals surface area contributed by atoms with Crippen LogP contribution in [0.25, 0.3) is 0 Å². The highest BCUT2D eigenvalue weighted by Gasteiger charge is 2.14. The number of ether oxygens (including phenoxy) is 3. The Balaban J connectivity index is 1.80. The molecule has 21 heavy (non-hydrogen) atoms. The number of anilines is 1. The third kappa shape index (κ3) is 5.71. The Morgan fingerprint density at radius 2 is 2.14 bits per heavy atom. The molecule has 0 saturated carbocycles. The number of nitrogens with one attached hydrogen (secondary N) is 1. The summed E-state index contributed by atoms with van der Waals surface area (Å²) in [5.41, 5.74) is 0.739. The second-order valence-corrected chi connectivity index (χ2v) is 4.81. The van der Waals surface area contributed by atoms with E-state index in [1.165, 1.54) is 0 Å². The molecule has 6 heteroatoms. The highest BCUT2D eigenvalue weighted by Crippen LogP contribution is 2.17. The minimum Gasteiger partial charge on any atom is -0.491 e. The molecule has 0 spiro atoms. The van der Waals surface area contributed by atoms with Crippen molar-refractivity contribution < 1.29 is 19.0 Å². The summed E-state index contributed by atoms with van der Waals surface area (Å²) in [6, 6.07) is 7.37. The molecule has 116 valence electrons. The van der Waals surface area contributed by atoms with Gasteiger partial charge < -0.3 is 19.5 Å². The van der Waals surface area contributed by atoms with Gasteiger partial charge in [0.1, 0.15) is 12.4 Å². The number of hydrogen-bond donors (Lipinski definition) is 1. The summed E-state index contributed by atoms with van der Waals surface area (Å²) in [6.07, 6.45) is 0. The van der Waals surface area contributed by atoms with Crippen LogP contribution in [0.4, 0.5) is 5.69 Å². The van der Waals surface area contributed by atoms with Gasteiger partial charge >= 0.3 is 0 Å². The van der Waals surface area contributed by atoms with E-state index in [4.69, 9.17) is 14.2 Å². The van der Waals surface area contributed by atoms with E-state index in [2.05, 4.69) is 10.2 Å². The average molecular weight is 294 g/mol. The average Bonchev–Trinajstić information content (AvgIpc) is 2.49. The van der Waals surface area contributed by atoms with Gasteiger partial charge in [0.05, 0.1) is 26.4 Å². The van der Waals surface area contributed by atoms with Crippen LogP contribution in [0.1, 0.15) is 0 Å². The van der Waals surface area contributed by atoms with E-state index in [9.17, 15) is 4.79 Å². The van der Waals surface area contributed by atoms with E-state index in [-0.39, 0.29) is 5.91 Å². The van der Waals surface area contributed by atoms with Crippen LogP contribution in [0, 0.1) is 0 Å². The van der Waals surface area contributed by atoms with Gasteiger partial charge in [-0.05, 0) is 12.1 Å². The standard InChI is InChI=1S/C15H22N2O4/c1-19-9-10-21-14-4-2-3-13(11-14)16-15(18)12-17-5-7-20-8-6-17/h2-4,11H,5-10,12H2,1H3,(H,16,18). The minimum absolute atomic E-state index is 0.0223. The van der Waals surface area contributed by atoms with E-state index in [1.807, 2.05) is 24.3 Å². The number of morpholine rings is 1. The third-order valence-corrected chi connectivity index (χ3v) is 3.14. The van der Waals surface area contributed by atoms with Gasteiger partial charge in [-0.1, -0.05) is 6.07 Å². The van der Waals surface area contributed by atoms with Gasteiger partial charge in [-0.25, -0.2) is 0 Å². The first-order valence-corrected chi connectivity index (χ1v) is 7.09. The van der Waals surface area contributed by atoms with Crippen molar-refractivity contribution in [2.75, 3.05) is 58.5 Å². The number of rotatable bonds is 7. The summed E-state index contributed by atoms with van der Waals surface area (Å²) in [7, 11) is 1.63. The van der Waals surface area contributed by atoms with Crippen molar-refractivity contribution in [2.24, 2.45) is 0 Å². The van der Waals surface area contributed by atoms with E-state index in [1.54, 1.807) is 7.11 Å². The number of nitrogens with zero attached hydrogens (tertiary/aromatic N) is 1. The monoisotopic (exact) mass is 294 g/mol. The van der Waals surface area contributed by atoms with Gasteiger partial charge in [-0.2, -0.15) is 0 Å². The maximum absolute atomic E-state index is 12.0. The lowest BCUT2D eigenvalue weighted by molar-refractivity contribution is -0.118. The molecule has 0 atom stereocenters. The van der Waals surface area contributed by atoms with Crippen LogP contribution in [0.15, 0.2) is 24.3 Å². The molecule has 1 aromatic rings. The number of hydrogen-bond acceptors (Lipinski definition) is 5. The third-order valence-electron chi connectivity index (χ3n) is 3.14. The molecule has 1 heterocycles. The first-order chi connectivity index (χ1) is 10.3. The lowest BCUT2D eigenvalue weighted by atomic mass is 10.3. The number of benzene rings is 1. The molecule has 0 unspecified atom stereocenters. The number of carbonyl (C=O) groups is 1. The molecule has 2 rings (SSSR count). The predicted octanol–water partition coefficient (Wildman–Crippen LogP) is 0.982. The Morgan fingerprint density at radius 3 is 2.90 bits per heavy atom. The Bertz CT molecular complexity index is 447. The van der Waals surface area contributed by atoms with Gasteiger partial charge in [0.15, 0.2) is 0 Å². The van der Waals surface area contributed by atoms with Gasteiger partial charge in [-0.15, -0.1) is 0 Å². The molecule has 1 N–H and O–H groups in total. The first kappa shape index (κ1) is 15.8. The fourth-order valence-electron chi connectivity index (χ4n) is 2.07. The highest BCUT2D eigenvalue weighted by molar-refractivity contribution is 5.92. The van der Waals surface area contributed by atoms with Crippen molar-refractivity contribution >= 4 is 11.6 Å². The molecule has 1 aliphatic rings. The van der Waals surface area contributed by atoms with E-state index >= 15 is 0 Å². The Kier molecular flexibility index (Phi) is 6.46. The van der Waals surface area contributed by atoms with E-state index in [0.717, 1.165) is 24.5 Å². The lowest BCUT2D eigenvalue weighted by Gasteiger charge is -2.25. The molecule has 1 aliphatic heterocycles. The maximum atomic E-state index is 12.0. The van der Waals surface area contributed by atoms with Gasteiger partial charge in [0.2, 0.25) is 5.91 Å². The molecule has 1 amide bonds. The molecule has 0 aliphatic carbocycles. The van der Waals surface area contributed by atoms with E-state index in [0.29, 0.717) is 33.0 Å². The zero-order valence-electron chi connectivity index (χ0n) is 12.3. The molecule has 1 aromatic carbocycles. The highest BCUT2D eigenvalue weighted by atomic mass is 16.5. The van der Waals surface area contributed by atoms with E-state index < -0.39 is 0 Å². The summed E-state index contributed by atoms with van der Waals surface area (Å²) in [6.45, 7) is 4.39. The molecular weight excluding hydrogens is 272 g/mol. The molecule has 0 radical (unpaired) electrons. The molecule has 0 aromatic heterocycles. The van der Waals surface area contributed by atoms with Crippen molar-refractivity contribution in [2.45, 2.75) is 0 Å². The smallest absolute Gasteiger partial charge is 0.238 e. The summed E-state index contributed by atoms with van der Waals surface area (Å²) >= 11 is 0. The molecule has 1 fully saturated rings. The Morgan fingerprint density at radius 1 is 1.33 bits per heavy atom. The summed E-state index contributed by atoms with van der Waals surface area (Å²) < 4.78 is 15.7. The molecule has 6 nitrogen and oxygen atoms in total. The van der Waals surface area contributed by atoms with Gasteiger partial charge in [-0.3, -0.25) is 9.69 Å². The van der Waals surface area contributed by atoms with Crippen molar-refractivity contribution in [3.63, 3.8) is 0 Å². The second kappa shape index (κ2) is 8.61. The number of amides is 1. The number of methoxy groups -OCH3 is 1. The van der Waals surface area contributed by atoms with Crippen LogP contribution < -0.4 is 10.1 Å². The fourth-order valence-corrected chi connectivity index (χ4v) is 2.07. The van der Waals surface area contributed by atoms with Crippen LogP contribution in [0.2, 0.25) is 0 Å². The zero-order valence-corrected chi connectivity index (χ0v) is 12.3. The molecular formula is C15H22N2O4.